The van der Waals surface area contributed by atoms with Crippen molar-refractivity contribution in [3.63, 3.8) is 0 Å². The molecule has 0 N–H and O–H groups in total. The lowest BCUT2D eigenvalue weighted by Crippen LogP contribution is -1.98. The van der Waals surface area contributed by atoms with Crippen molar-refractivity contribution in [2.45, 2.75) is 11.9 Å². The Morgan fingerprint density at radius 3 is 2.76 bits per heavy atom. The molecule has 88 valence electrons. The SMILES string of the molecule is BrCc1cccc(Br)c1OCc1cccnc1. The van der Waals surface area contributed by atoms with E-state index in [-0.39, 0.29) is 0 Å². The van der Waals surface area contributed by atoms with Crippen molar-refractivity contribution in [1.82, 2.24) is 4.98 Å². The second-order valence-corrected chi connectivity index (χ2v) is 4.93. The average Bonchev–Trinajstić information content (AvgIpc) is 2.38. The van der Waals surface area contributed by atoms with E-state index in [1.54, 1.807) is 6.20 Å². The van der Waals surface area contributed by atoms with Gasteiger partial charge in [0.05, 0.1) is 4.47 Å². The van der Waals surface area contributed by atoms with Gasteiger partial charge >= 0.3 is 0 Å². The van der Waals surface area contributed by atoms with Crippen molar-refractivity contribution >= 4 is 31.9 Å². The minimum atomic E-state index is 0.524. The van der Waals surface area contributed by atoms with Crippen LogP contribution in [0.25, 0.3) is 0 Å². The zero-order valence-electron chi connectivity index (χ0n) is 9.07. The molecule has 0 spiro atoms. The van der Waals surface area contributed by atoms with E-state index < -0.39 is 0 Å². The number of pyridine rings is 1. The van der Waals surface area contributed by atoms with Gasteiger partial charge in [-0.05, 0) is 28.1 Å². The van der Waals surface area contributed by atoms with Gasteiger partial charge in [0.25, 0.3) is 0 Å². The number of benzene rings is 1. The molecule has 1 aromatic heterocycles. The first-order valence-corrected chi connectivity index (χ1v) is 7.08. The lowest BCUT2D eigenvalue weighted by atomic mass is 10.2. The molecule has 2 aromatic rings. The van der Waals surface area contributed by atoms with E-state index in [2.05, 4.69) is 36.8 Å². The van der Waals surface area contributed by atoms with Gasteiger partial charge in [0, 0.05) is 28.9 Å². The molecule has 0 atom stereocenters. The Bertz CT molecular complexity index is 488. The standard InChI is InChI=1S/C13H11Br2NO/c14-7-11-4-1-5-12(15)13(11)17-9-10-3-2-6-16-8-10/h1-6,8H,7,9H2. The second kappa shape index (κ2) is 6.17. The number of halogens is 2. The van der Waals surface area contributed by atoms with Gasteiger partial charge in [-0.25, -0.2) is 0 Å². The first kappa shape index (κ1) is 12.6. The quantitative estimate of drug-likeness (QED) is 0.761. The van der Waals surface area contributed by atoms with Crippen molar-refractivity contribution in [2.24, 2.45) is 0 Å². The Balaban J connectivity index is 2.14. The smallest absolute Gasteiger partial charge is 0.138 e. The fourth-order valence-corrected chi connectivity index (χ4v) is 2.42. The first-order valence-electron chi connectivity index (χ1n) is 5.16. The fraction of sp³-hybridized carbons (Fsp3) is 0.154. The van der Waals surface area contributed by atoms with Crippen LogP contribution in [0.5, 0.6) is 5.75 Å². The third-order valence-corrected chi connectivity index (χ3v) is 3.53. The molecule has 0 radical (unpaired) electrons. The van der Waals surface area contributed by atoms with Crippen LogP contribution in [-0.4, -0.2) is 4.98 Å². The van der Waals surface area contributed by atoms with Crippen LogP contribution in [0.4, 0.5) is 0 Å². The van der Waals surface area contributed by atoms with Crippen LogP contribution in [0.15, 0.2) is 47.2 Å². The third-order valence-electron chi connectivity index (χ3n) is 2.30. The largest absolute Gasteiger partial charge is 0.487 e. The molecule has 0 aliphatic heterocycles. The summed E-state index contributed by atoms with van der Waals surface area (Å²) in [6.45, 7) is 0.524. The maximum absolute atomic E-state index is 5.83. The molecule has 0 bridgehead atoms. The summed E-state index contributed by atoms with van der Waals surface area (Å²) in [6, 6.07) is 9.92. The van der Waals surface area contributed by atoms with Gasteiger partial charge in [0.2, 0.25) is 0 Å². The topological polar surface area (TPSA) is 22.1 Å². The monoisotopic (exact) mass is 355 g/mol. The summed E-state index contributed by atoms with van der Waals surface area (Å²) in [7, 11) is 0. The molecule has 0 fully saturated rings. The summed E-state index contributed by atoms with van der Waals surface area (Å²) < 4.78 is 6.80. The molecule has 2 nitrogen and oxygen atoms in total. The van der Waals surface area contributed by atoms with E-state index in [1.807, 2.05) is 36.5 Å². The molecule has 0 saturated carbocycles. The molecule has 0 aliphatic rings. The van der Waals surface area contributed by atoms with Crippen LogP contribution in [0.1, 0.15) is 11.1 Å². The lowest BCUT2D eigenvalue weighted by molar-refractivity contribution is 0.301. The minimum Gasteiger partial charge on any atom is -0.487 e. The summed E-state index contributed by atoms with van der Waals surface area (Å²) in [4.78, 5) is 4.06. The van der Waals surface area contributed by atoms with E-state index in [0.29, 0.717) is 6.61 Å². The summed E-state index contributed by atoms with van der Waals surface area (Å²) in [5.74, 6) is 0.883. The fourth-order valence-electron chi connectivity index (χ4n) is 1.46. The number of alkyl halides is 1. The Morgan fingerprint density at radius 1 is 1.18 bits per heavy atom. The number of rotatable bonds is 4. The maximum atomic E-state index is 5.83. The third kappa shape index (κ3) is 3.30. The predicted octanol–water partition coefficient (Wildman–Crippen LogP) is 4.32. The Labute approximate surface area is 117 Å². The number of nitrogens with zero attached hydrogens (tertiary/aromatic N) is 1. The highest BCUT2D eigenvalue weighted by Gasteiger charge is 2.07. The minimum absolute atomic E-state index is 0.524. The molecule has 4 heteroatoms. The van der Waals surface area contributed by atoms with Crippen molar-refractivity contribution in [1.29, 1.82) is 0 Å². The molecular weight excluding hydrogens is 346 g/mol. The van der Waals surface area contributed by atoms with Gasteiger partial charge in [-0.15, -0.1) is 0 Å². The van der Waals surface area contributed by atoms with Crippen LogP contribution in [0.2, 0.25) is 0 Å². The van der Waals surface area contributed by atoms with Crippen LogP contribution in [0.3, 0.4) is 0 Å². The van der Waals surface area contributed by atoms with Gasteiger partial charge in [-0.3, -0.25) is 4.98 Å². The van der Waals surface area contributed by atoms with Gasteiger partial charge in [0.15, 0.2) is 0 Å². The van der Waals surface area contributed by atoms with Crippen molar-refractivity contribution < 1.29 is 4.74 Å². The van der Waals surface area contributed by atoms with Crippen LogP contribution < -0.4 is 4.74 Å². The van der Waals surface area contributed by atoms with Crippen LogP contribution >= 0.6 is 31.9 Å². The number of hydrogen-bond donors (Lipinski definition) is 0. The number of ether oxygens (including phenoxy) is 1. The van der Waals surface area contributed by atoms with Crippen molar-refractivity contribution in [2.75, 3.05) is 0 Å². The highest BCUT2D eigenvalue weighted by Crippen LogP contribution is 2.31. The molecule has 1 heterocycles. The number of hydrogen-bond acceptors (Lipinski definition) is 2. The van der Waals surface area contributed by atoms with E-state index in [1.165, 1.54) is 0 Å². The molecule has 2 rings (SSSR count). The van der Waals surface area contributed by atoms with Gasteiger partial charge in [-0.1, -0.05) is 34.1 Å². The van der Waals surface area contributed by atoms with Crippen molar-refractivity contribution in [3.8, 4) is 5.75 Å². The van der Waals surface area contributed by atoms with Crippen LogP contribution in [-0.2, 0) is 11.9 Å². The summed E-state index contributed by atoms with van der Waals surface area (Å²) in [6.07, 6.45) is 3.57. The molecule has 0 unspecified atom stereocenters. The van der Waals surface area contributed by atoms with Gasteiger partial charge in [-0.2, -0.15) is 0 Å². The van der Waals surface area contributed by atoms with Gasteiger partial charge < -0.3 is 4.74 Å². The second-order valence-electron chi connectivity index (χ2n) is 3.51. The molecule has 0 saturated heterocycles. The zero-order valence-corrected chi connectivity index (χ0v) is 12.2. The van der Waals surface area contributed by atoms with Gasteiger partial charge in [0.1, 0.15) is 12.4 Å². The summed E-state index contributed by atoms with van der Waals surface area (Å²) in [5.41, 5.74) is 2.19. The van der Waals surface area contributed by atoms with E-state index in [9.17, 15) is 0 Å². The molecule has 0 aliphatic carbocycles. The Hall–Kier alpha value is -0.870. The highest BCUT2D eigenvalue weighted by molar-refractivity contribution is 9.10. The van der Waals surface area contributed by atoms with E-state index in [4.69, 9.17) is 4.74 Å². The Morgan fingerprint density at radius 2 is 2.06 bits per heavy atom. The predicted molar refractivity (Wildman–Crippen MR) is 75.3 cm³/mol. The summed E-state index contributed by atoms with van der Waals surface area (Å²) in [5, 5.41) is 0.773. The number of aromatic nitrogens is 1. The maximum Gasteiger partial charge on any atom is 0.138 e. The van der Waals surface area contributed by atoms with E-state index in [0.717, 1.165) is 26.7 Å². The number of para-hydroxylation sites is 1. The average molecular weight is 357 g/mol. The highest BCUT2D eigenvalue weighted by atomic mass is 79.9. The molecule has 17 heavy (non-hydrogen) atoms. The van der Waals surface area contributed by atoms with Crippen molar-refractivity contribution in [3.05, 3.63) is 58.3 Å². The molecule has 1 aromatic carbocycles. The van der Waals surface area contributed by atoms with E-state index >= 15 is 0 Å². The summed E-state index contributed by atoms with van der Waals surface area (Å²) >= 11 is 6.96. The zero-order chi connectivity index (χ0) is 12.1. The molecular formula is C13H11Br2NO. The Kier molecular flexibility index (Phi) is 4.57. The van der Waals surface area contributed by atoms with Crippen LogP contribution in [0, 0.1) is 0 Å². The first-order chi connectivity index (χ1) is 8.31. The molecule has 0 amide bonds. The lowest BCUT2D eigenvalue weighted by Gasteiger charge is -2.11. The normalized spacial score (nSPS) is 10.2.